The Bertz CT molecular complexity index is 228. The van der Waals surface area contributed by atoms with E-state index in [0.29, 0.717) is 6.61 Å². The molecule has 1 saturated heterocycles. The summed E-state index contributed by atoms with van der Waals surface area (Å²) in [4.78, 5) is 10.4. The van der Waals surface area contributed by atoms with E-state index in [0.717, 1.165) is 18.6 Å². The molecule has 2 rings (SSSR count). The van der Waals surface area contributed by atoms with Crippen molar-refractivity contribution in [3.05, 3.63) is 0 Å². The number of nitrogens with two attached hydrogens (primary N) is 1. The number of amides is 1. The van der Waals surface area contributed by atoms with E-state index in [2.05, 4.69) is 0 Å². The summed E-state index contributed by atoms with van der Waals surface area (Å²) in [5, 5.41) is 0. The Balaban J connectivity index is 1.79. The largest absolute Gasteiger partial charge is 0.447 e. The Morgan fingerprint density at radius 3 is 2.93 bits per heavy atom. The van der Waals surface area contributed by atoms with Crippen LogP contribution in [0.25, 0.3) is 0 Å². The third kappa shape index (κ3) is 2.15. The van der Waals surface area contributed by atoms with Gasteiger partial charge < -0.3 is 15.2 Å². The van der Waals surface area contributed by atoms with Gasteiger partial charge in [-0.25, -0.2) is 4.79 Å². The van der Waals surface area contributed by atoms with Gasteiger partial charge in [-0.3, -0.25) is 0 Å². The Kier molecular flexibility index (Phi) is 2.88. The lowest BCUT2D eigenvalue weighted by Gasteiger charge is -2.22. The molecule has 0 aromatic rings. The van der Waals surface area contributed by atoms with Crippen LogP contribution in [0.3, 0.4) is 0 Å². The summed E-state index contributed by atoms with van der Waals surface area (Å²) in [6.07, 6.45) is 4.07. The van der Waals surface area contributed by atoms with Crippen molar-refractivity contribution < 1.29 is 14.3 Å². The fourth-order valence-corrected chi connectivity index (χ4v) is 3.49. The molecule has 0 aromatic carbocycles. The highest BCUT2D eigenvalue weighted by molar-refractivity contribution is 8.00. The molecule has 0 radical (unpaired) electrons. The minimum atomic E-state index is -0.717. The van der Waals surface area contributed by atoms with Crippen molar-refractivity contribution in [1.82, 2.24) is 0 Å². The standard InChI is InChI=1S/C9H15NO3S/c10-8(11)12-5-7-6-14-9(13-7)3-1-2-4-9/h7H,1-6H2,(H2,10,11). The van der Waals surface area contributed by atoms with E-state index in [9.17, 15) is 4.79 Å². The zero-order valence-corrected chi connectivity index (χ0v) is 8.85. The highest BCUT2D eigenvalue weighted by Gasteiger charge is 2.43. The van der Waals surface area contributed by atoms with Gasteiger partial charge in [-0.2, -0.15) is 0 Å². The Labute approximate surface area is 87.5 Å². The van der Waals surface area contributed by atoms with Crippen LogP contribution >= 0.6 is 11.8 Å². The van der Waals surface area contributed by atoms with Crippen LogP contribution in [-0.4, -0.2) is 29.5 Å². The topological polar surface area (TPSA) is 61.6 Å². The molecule has 80 valence electrons. The predicted molar refractivity (Wildman–Crippen MR) is 54.1 cm³/mol. The Morgan fingerprint density at radius 1 is 1.57 bits per heavy atom. The average molecular weight is 217 g/mol. The Morgan fingerprint density at radius 2 is 2.29 bits per heavy atom. The number of carbonyl (C=O) groups is 1. The van der Waals surface area contributed by atoms with E-state index < -0.39 is 6.09 Å². The number of primary amides is 1. The number of rotatable bonds is 2. The van der Waals surface area contributed by atoms with Crippen molar-refractivity contribution in [1.29, 1.82) is 0 Å². The smallest absolute Gasteiger partial charge is 0.404 e. The van der Waals surface area contributed by atoms with Crippen LogP contribution in [0.5, 0.6) is 0 Å². The second-order valence-electron chi connectivity index (χ2n) is 3.80. The highest BCUT2D eigenvalue weighted by atomic mass is 32.2. The predicted octanol–water partition coefficient (Wildman–Crippen LogP) is 1.48. The SMILES string of the molecule is NC(=O)OCC1CSC2(CCCC2)O1. The first-order chi connectivity index (χ1) is 6.70. The second kappa shape index (κ2) is 3.98. The minimum Gasteiger partial charge on any atom is -0.447 e. The maximum Gasteiger partial charge on any atom is 0.404 e. The summed E-state index contributed by atoms with van der Waals surface area (Å²) >= 11 is 1.86. The average Bonchev–Trinajstić information content (AvgIpc) is 2.74. The molecule has 1 spiro atoms. The molecule has 1 amide bonds. The fraction of sp³-hybridized carbons (Fsp3) is 0.889. The molecule has 1 aliphatic carbocycles. The number of ether oxygens (including phenoxy) is 2. The maximum absolute atomic E-state index is 10.4. The first kappa shape index (κ1) is 10.1. The van der Waals surface area contributed by atoms with Gasteiger partial charge in [-0.05, 0) is 25.7 Å². The zero-order chi connectivity index (χ0) is 10.0. The molecule has 1 unspecified atom stereocenters. The van der Waals surface area contributed by atoms with E-state index >= 15 is 0 Å². The third-order valence-electron chi connectivity index (χ3n) is 2.69. The van der Waals surface area contributed by atoms with E-state index in [-0.39, 0.29) is 11.0 Å². The van der Waals surface area contributed by atoms with Gasteiger partial charge in [-0.1, -0.05) is 0 Å². The summed E-state index contributed by atoms with van der Waals surface area (Å²) in [5.74, 6) is 0.910. The summed E-state index contributed by atoms with van der Waals surface area (Å²) in [6.45, 7) is 0.296. The molecule has 2 aliphatic rings. The Hall–Kier alpha value is -0.420. The lowest BCUT2D eigenvalue weighted by molar-refractivity contribution is -0.0304. The first-order valence-electron chi connectivity index (χ1n) is 4.94. The van der Waals surface area contributed by atoms with E-state index in [1.807, 2.05) is 11.8 Å². The summed E-state index contributed by atoms with van der Waals surface area (Å²) < 4.78 is 10.6. The number of hydrogen-bond acceptors (Lipinski definition) is 4. The lowest BCUT2D eigenvalue weighted by Crippen LogP contribution is -2.27. The molecule has 14 heavy (non-hydrogen) atoms. The molecule has 0 aromatic heterocycles. The van der Waals surface area contributed by atoms with Crippen LogP contribution in [0, 0.1) is 0 Å². The summed E-state index contributed by atoms with van der Waals surface area (Å²) in [7, 11) is 0. The van der Waals surface area contributed by atoms with Crippen molar-refractivity contribution in [2.24, 2.45) is 5.73 Å². The van der Waals surface area contributed by atoms with Gasteiger partial charge in [0.25, 0.3) is 0 Å². The minimum absolute atomic E-state index is 0.0330. The van der Waals surface area contributed by atoms with Crippen molar-refractivity contribution in [3.63, 3.8) is 0 Å². The second-order valence-corrected chi connectivity index (χ2v) is 5.16. The first-order valence-corrected chi connectivity index (χ1v) is 5.93. The fourth-order valence-electron chi connectivity index (χ4n) is 2.05. The van der Waals surface area contributed by atoms with Gasteiger partial charge in [0.1, 0.15) is 17.6 Å². The molecule has 5 heteroatoms. The van der Waals surface area contributed by atoms with E-state index in [4.69, 9.17) is 15.2 Å². The van der Waals surface area contributed by atoms with Gasteiger partial charge >= 0.3 is 6.09 Å². The number of hydrogen-bond donors (Lipinski definition) is 1. The normalized spacial score (nSPS) is 29.6. The van der Waals surface area contributed by atoms with Crippen molar-refractivity contribution >= 4 is 17.9 Å². The van der Waals surface area contributed by atoms with Crippen LogP contribution in [0.2, 0.25) is 0 Å². The van der Waals surface area contributed by atoms with Crippen LogP contribution in [0.1, 0.15) is 25.7 Å². The van der Waals surface area contributed by atoms with E-state index in [1.165, 1.54) is 12.8 Å². The molecule has 1 aliphatic heterocycles. The van der Waals surface area contributed by atoms with Crippen LogP contribution < -0.4 is 5.73 Å². The summed E-state index contributed by atoms with van der Waals surface area (Å²) in [5.41, 5.74) is 4.89. The quantitative estimate of drug-likeness (QED) is 0.761. The highest BCUT2D eigenvalue weighted by Crippen LogP contribution is 2.48. The van der Waals surface area contributed by atoms with Gasteiger partial charge in [0.2, 0.25) is 0 Å². The molecular weight excluding hydrogens is 202 g/mol. The number of thioether (sulfide) groups is 1. The monoisotopic (exact) mass is 217 g/mol. The van der Waals surface area contributed by atoms with Gasteiger partial charge in [-0.15, -0.1) is 11.8 Å². The van der Waals surface area contributed by atoms with Crippen LogP contribution in [-0.2, 0) is 9.47 Å². The molecule has 1 atom stereocenters. The van der Waals surface area contributed by atoms with Crippen LogP contribution in [0.15, 0.2) is 0 Å². The molecule has 2 N–H and O–H groups in total. The maximum atomic E-state index is 10.4. The molecule has 1 saturated carbocycles. The van der Waals surface area contributed by atoms with Crippen molar-refractivity contribution in [3.8, 4) is 0 Å². The lowest BCUT2D eigenvalue weighted by atomic mass is 10.3. The molecule has 0 bridgehead atoms. The van der Waals surface area contributed by atoms with Gasteiger partial charge in [0.05, 0.1) is 0 Å². The molecule has 2 fully saturated rings. The van der Waals surface area contributed by atoms with Crippen LogP contribution in [0.4, 0.5) is 4.79 Å². The third-order valence-corrected chi connectivity index (χ3v) is 4.26. The summed E-state index contributed by atoms with van der Waals surface area (Å²) in [6, 6.07) is 0. The van der Waals surface area contributed by atoms with E-state index in [1.54, 1.807) is 0 Å². The van der Waals surface area contributed by atoms with Gasteiger partial charge in [0, 0.05) is 5.75 Å². The van der Waals surface area contributed by atoms with Crippen molar-refractivity contribution in [2.45, 2.75) is 36.7 Å². The van der Waals surface area contributed by atoms with Crippen molar-refractivity contribution in [2.75, 3.05) is 12.4 Å². The zero-order valence-electron chi connectivity index (χ0n) is 8.03. The molecular formula is C9H15NO3S. The number of carbonyl (C=O) groups excluding carboxylic acids is 1. The molecule has 4 nitrogen and oxygen atoms in total. The van der Waals surface area contributed by atoms with Gasteiger partial charge in [0.15, 0.2) is 0 Å². The molecule has 1 heterocycles.